The summed E-state index contributed by atoms with van der Waals surface area (Å²) in [6, 6.07) is 7.15. The van der Waals surface area contributed by atoms with E-state index in [0.717, 1.165) is 10.5 Å². The zero-order chi connectivity index (χ0) is 13.1. The summed E-state index contributed by atoms with van der Waals surface area (Å²) in [5.74, 6) is -0.0953. The van der Waals surface area contributed by atoms with Gasteiger partial charge < -0.3 is 4.90 Å². The average molecular weight is 298 g/mol. The summed E-state index contributed by atoms with van der Waals surface area (Å²) in [4.78, 5) is 14.6. The lowest BCUT2D eigenvalue weighted by Gasteiger charge is -2.17. The van der Waals surface area contributed by atoms with Crippen molar-refractivity contribution in [2.75, 3.05) is 7.05 Å². The summed E-state index contributed by atoms with van der Waals surface area (Å²) in [6.45, 7) is 0.579. The molecule has 0 atom stereocenters. The van der Waals surface area contributed by atoms with Gasteiger partial charge in [-0.25, -0.2) is 0 Å². The smallest absolute Gasteiger partial charge is 0.255 e. The molecule has 0 unspecified atom stereocenters. The third-order valence-corrected chi connectivity index (χ3v) is 3.87. The van der Waals surface area contributed by atoms with Crippen molar-refractivity contribution in [1.82, 2.24) is 4.90 Å². The molecule has 0 saturated heterocycles. The number of rotatable bonds is 3. The van der Waals surface area contributed by atoms with Gasteiger partial charge in [-0.05, 0) is 40.6 Å². The van der Waals surface area contributed by atoms with E-state index in [1.54, 1.807) is 41.5 Å². The van der Waals surface area contributed by atoms with Crippen LogP contribution in [0.5, 0.6) is 0 Å². The molecule has 1 amide bonds. The molecule has 0 aliphatic heterocycles. The second kappa shape index (κ2) is 5.78. The van der Waals surface area contributed by atoms with Gasteiger partial charge >= 0.3 is 0 Å². The van der Waals surface area contributed by atoms with Crippen molar-refractivity contribution in [2.45, 2.75) is 11.4 Å². The minimum Gasteiger partial charge on any atom is -0.337 e. The van der Waals surface area contributed by atoms with Gasteiger partial charge in [0, 0.05) is 18.5 Å². The summed E-state index contributed by atoms with van der Waals surface area (Å²) < 4.78 is 0. The van der Waals surface area contributed by atoms with Gasteiger partial charge in [0.05, 0.1) is 10.6 Å². The molecule has 0 aliphatic carbocycles. The van der Waals surface area contributed by atoms with E-state index >= 15 is 0 Å². The fraction of sp³-hybridized carbons (Fsp3) is 0.154. The van der Waals surface area contributed by atoms with Crippen LogP contribution >= 0.6 is 35.6 Å². The van der Waals surface area contributed by atoms with Crippen molar-refractivity contribution >= 4 is 41.5 Å². The summed E-state index contributed by atoms with van der Waals surface area (Å²) in [5.41, 5.74) is 1.61. The molecule has 1 heterocycles. The normalized spacial score (nSPS) is 10.4. The Morgan fingerprint density at radius 1 is 1.44 bits per heavy atom. The molecule has 0 fully saturated rings. The van der Waals surface area contributed by atoms with Crippen molar-refractivity contribution in [3.05, 3.63) is 51.2 Å². The van der Waals surface area contributed by atoms with Crippen LogP contribution in [0.4, 0.5) is 0 Å². The molecule has 0 N–H and O–H groups in total. The van der Waals surface area contributed by atoms with E-state index in [4.69, 9.17) is 11.6 Å². The Hall–Kier alpha value is -0.970. The van der Waals surface area contributed by atoms with Crippen molar-refractivity contribution in [2.24, 2.45) is 0 Å². The van der Waals surface area contributed by atoms with E-state index < -0.39 is 0 Å². The largest absolute Gasteiger partial charge is 0.337 e. The molecule has 2 rings (SSSR count). The molecule has 2 nitrogen and oxygen atoms in total. The van der Waals surface area contributed by atoms with Gasteiger partial charge in [-0.1, -0.05) is 11.6 Å². The van der Waals surface area contributed by atoms with Gasteiger partial charge in [-0.2, -0.15) is 11.3 Å². The third kappa shape index (κ3) is 3.07. The van der Waals surface area contributed by atoms with Gasteiger partial charge in [0.25, 0.3) is 5.91 Å². The lowest BCUT2D eigenvalue weighted by Crippen LogP contribution is -2.26. The highest BCUT2D eigenvalue weighted by atomic mass is 35.5. The van der Waals surface area contributed by atoms with Crippen LogP contribution in [0.25, 0.3) is 0 Å². The average Bonchev–Trinajstić information content (AvgIpc) is 2.84. The van der Waals surface area contributed by atoms with E-state index in [1.165, 1.54) is 0 Å². The monoisotopic (exact) mass is 297 g/mol. The number of carbonyl (C=O) groups is 1. The number of carbonyl (C=O) groups excluding carboxylic acids is 1. The zero-order valence-corrected chi connectivity index (χ0v) is 12.2. The van der Waals surface area contributed by atoms with E-state index in [2.05, 4.69) is 12.6 Å². The number of nitrogens with zero attached hydrogens (tertiary/aromatic N) is 1. The van der Waals surface area contributed by atoms with Gasteiger partial charge in [-0.3, -0.25) is 4.79 Å². The van der Waals surface area contributed by atoms with E-state index in [-0.39, 0.29) is 5.91 Å². The van der Waals surface area contributed by atoms with Crippen LogP contribution in [0.15, 0.2) is 39.9 Å². The Bertz CT molecular complexity index is 554. The van der Waals surface area contributed by atoms with Gasteiger partial charge in [0.2, 0.25) is 0 Å². The molecule has 0 aliphatic rings. The molecule has 2 aromatic rings. The molecule has 5 heteroatoms. The second-order valence-electron chi connectivity index (χ2n) is 3.96. The fourth-order valence-corrected chi connectivity index (χ4v) is 2.67. The Kier molecular flexibility index (Phi) is 4.32. The Balaban J connectivity index is 2.17. The highest BCUT2D eigenvalue weighted by Crippen LogP contribution is 2.21. The summed E-state index contributed by atoms with van der Waals surface area (Å²) >= 11 is 11.9. The fourth-order valence-electron chi connectivity index (χ4n) is 1.61. The second-order valence-corrected chi connectivity index (χ2v) is 5.66. The van der Waals surface area contributed by atoms with Gasteiger partial charge in [0.1, 0.15) is 0 Å². The number of benzene rings is 1. The molecule has 0 spiro atoms. The van der Waals surface area contributed by atoms with E-state index in [1.807, 2.05) is 16.8 Å². The molecule has 0 saturated carbocycles. The predicted molar refractivity (Wildman–Crippen MR) is 78.8 cm³/mol. The van der Waals surface area contributed by atoms with Crippen molar-refractivity contribution in [3.63, 3.8) is 0 Å². The molecule has 18 heavy (non-hydrogen) atoms. The SMILES string of the molecule is CN(Cc1ccsc1)C(=O)c1cc(S)ccc1Cl. The zero-order valence-electron chi connectivity index (χ0n) is 9.76. The number of amides is 1. The molecule has 94 valence electrons. The minimum absolute atomic E-state index is 0.0953. The topological polar surface area (TPSA) is 20.3 Å². The van der Waals surface area contributed by atoms with Gasteiger partial charge in [0.15, 0.2) is 0 Å². The molecule has 1 aromatic carbocycles. The predicted octanol–water partition coefficient (Wildman–Crippen LogP) is 3.96. The van der Waals surface area contributed by atoms with Crippen LogP contribution in [0, 0.1) is 0 Å². The number of hydrogen-bond acceptors (Lipinski definition) is 3. The maximum atomic E-state index is 12.3. The van der Waals surface area contributed by atoms with Crippen LogP contribution in [-0.4, -0.2) is 17.9 Å². The lowest BCUT2D eigenvalue weighted by atomic mass is 10.2. The third-order valence-electron chi connectivity index (χ3n) is 2.53. The number of halogens is 1. The highest BCUT2D eigenvalue weighted by molar-refractivity contribution is 7.80. The Morgan fingerprint density at radius 2 is 2.22 bits per heavy atom. The minimum atomic E-state index is -0.0953. The number of hydrogen-bond donors (Lipinski definition) is 1. The van der Waals surface area contributed by atoms with Crippen molar-refractivity contribution < 1.29 is 4.79 Å². The molecule has 0 bridgehead atoms. The number of thiol groups is 1. The molecule has 0 radical (unpaired) electrons. The molecule has 1 aromatic heterocycles. The standard InChI is InChI=1S/C13H12ClNOS2/c1-15(7-9-4-5-18-8-9)13(16)11-6-10(17)2-3-12(11)14/h2-6,8,17H,7H2,1H3. The highest BCUT2D eigenvalue weighted by Gasteiger charge is 2.15. The van der Waals surface area contributed by atoms with Crippen molar-refractivity contribution in [3.8, 4) is 0 Å². The van der Waals surface area contributed by atoms with Crippen LogP contribution in [0.2, 0.25) is 5.02 Å². The molecular formula is C13H12ClNOS2. The lowest BCUT2D eigenvalue weighted by molar-refractivity contribution is 0.0785. The van der Waals surface area contributed by atoms with Crippen LogP contribution in [0.3, 0.4) is 0 Å². The van der Waals surface area contributed by atoms with E-state index in [0.29, 0.717) is 17.1 Å². The maximum Gasteiger partial charge on any atom is 0.255 e. The Morgan fingerprint density at radius 3 is 2.89 bits per heavy atom. The van der Waals surface area contributed by atoms with Gasteiger partial charge in [-0.15, -0.1) is 12.6 Å². The summed E-state index contributed by atoms with van der Waals surface area (Å²) in [5, 5.41) is 4.48. The quantitative estimate of drug-likeness (QED) is 0.850. The first-order valence-electron chi connectivity index (χ1n) is 5.33. The van der Waals surface area contributed by atoms with Crippen LogP contribution < -0.4 is 0 Å². The van der Waals surface area contributed by atoms with E-state index in [9.17, 15) is 4.79 Å². The maximum absolute atomic E-state index is 12.3. The first-order valence-corrected chi connectivity index (χ1v) is 7.10. The van der Waals surface area contributed by atoms with Crippen LogP contribution in [0.1, 0.15) is 15.9 Å². The van der Waals surface area contributed by atoms with Crippen molar-refractivity contribution in [1.29, 1.82) is 0 Å². The summed E-state index contributed by atoms with van der Waals surface area (Å²) in [6.07, 6.45) is 0. The number of thiophene rings is 1. The molecular weight excluding hydrogens is 286 g/mol. The first-order chi connectivity index (χ1) is 8.58. The first kappa shape index (κ1) is 13.5. The Labute approximate surface area is 121 Å². The summed E-state index contributed by atoms with van der Waals surface area (Å²) in [7, 11) is 1.77. The van der Waals surface area contributed by atoms with Crippen LogP contribution in [-0.2, 0) is 6.54 Å².